The fraction of sp³-hybridized carbons (Fsp3) is 0.385. The van der Waals surface area contributed by atoms with E-state index in [0.29, 0.717) is 36.0 Å². The van der Waals surface area contributed by atoms with Crippen LogP contribution in [-0.4, -0.2) is 43.5 Å². The number of hydrogen-bond donors (Lipinski definition) is 1. The van der Waals surface area contributed by atoms with E-state index in [9.17, 15) is 9.59 Å². The summed E-state index contributed by atoms with van der Waals surface area (Å²) in [5.41, 5.74) is 4.62. The molecule has 2 fully saturated rings. The van der Waals surface area contributed by atoms with E-state index in [1.807, 2.05) is 39.8 Å². The summed E-state index contributed by atoms with van der Waals surface area (Å²) in [5.74, 6) is -0.336. The Labute approximate surface area is 199 Å². The van der Waals surface area contributed by atoms with Gasteiger partial charge in [-0.1, -0.05) is 25.1 Å². The number of para-hydroxylation sites is 1. The summed E-state index contributed by atoms with van der Waals surface area (Å²) in [7, 11) is 0. The van der Waals surface area contributed by atoms with Crippen molar-refractivity contribution < 1.29 is 28.5 Å². The highest BCUT2D eigenvalue weighted by atomic mass is 16.7. The first kappa shape index (κ1) is 23.8. The summed E-state index contributed by atoms with van der Waals surface area (Å²) in [6.07, 6.45) is 2.19. The van der Waals surface area contributed by atoms with Crippen LogP contribution >= 0.6 is 0 Å². The van der Waals surface area contributed by atoms with Crippen LogP contribution in [-0.2, 0) is 19.1 Å². The van der Waals surface area contributed by atoms with E-state index in [4.69, 9.17) is 18.9 Å². The number of hydrazine groups is 1. The summed E-state index contributed by atoms with van der Waals surface area (Å²) < 4.78 is 23.5. The summed E-state index contributed by atoms with van der Waals surface area (Å²) in [5, 5.41) is 1.24. The van der Waals surface area contributed by atoms with Gasteiger partial charge in [-0.25, -0.2) is 5.01 Å². The lowest BCUT2D eigenvalue weighted by atomic mass is 10.0. The molecular weight excluding hydrogens is 436 g/mol. The van der Waals surface area contributed by atoms with Gasteiger partial charge in [0.15, 0.2) is 5.79 Å². The predicted molar refractivity (Wildman–Crippen MR) is 127 cm³/mol. The van der Waals surface area contributed by atoms with Crippen LogP contribution in [0.2, 0.25) is 0 Å². The van der Waals surface area contributed by atoms with E-state index < -0.39 is 17.6 Å². The molecule has 180 valence electrons. The van der Waals surface area contributed by atoms with Crippen molar-refractivity contribution in [2.75, 3.05) is 24.8 Å². The van der Waals surface area contributed by atoms with E-state index in [1.165, 1.54) is 5.01 Å². The first-order valence-corrected chi connectivity index (χ1v) is 11.4. The van der Waals surface area contributed by atoms with Crippen LogP contribution in [0.5, 0.6) is 11.5 Å². The normalized spacial score (nSPS) is 20.6. The minimum absolute atomic E-state index is 0.0249. The van der Waals surface area contributed by atoms with E-state index >= 15 is 0 Å². The van der Waals surface area contributed by atoms with Crippen molar-refractivity contribution in [2.24, 2.45) is 0 Å². The van der Waals surface area contributed by atoms with E-state index in [2.05, 4.69) is 5.43 Å². The zero-order chi connectivity index (χ0) is 24.3. The standard InChI is InChI=1S/C26H30N2O6/c1-5-13-31-22-12-11-18(23(17(22)2)32-15-20-16-33-26(3,4)34-20)14-21-24(29)27-28(25(21)30)19-9-7-6-8-10-19/h6-12,14,20H,5,13,15-16H2,1-4H3,(H,27,29)/b21-14-/t20-/m0/s1. The second-order valence-electron chi connectivity index (χ2n) is 8.69. The molecule has 0 radical (unpaired) electrons. The van der Waals surface area contributed by atoms with Gasteiger partial charge in [0.2, 0.25) is 0 Å². The molecule has 0 saturated carbocycles. The molecule has 2 aromatic rings. The number of amides is 2. The Hall–Kier alpha value is -3.36. The number of nitrogens with one attached hydrogen (secondary N) is 1. The topological polar surface area (TPSA) is 86.3 Å². The van der Waals surface area contributed by atoms with Crippen LogP contribution in [0.25, 0.3) is 6.08 Å². The number of ether oxygens (including phenoxy) is 4. The summed E-state index contributed by atoms with van der Waals surface area (Å²) >= 11 is 0. The lowest BCUT2D eigenvalue weighted by molar-refractivity contribution is -0.141. The van der Waals surface area contributed by atoms with Crippen molar-refractivity contribution in [2.45, 2.75) is 46.0 Å². The van der Waals surface area contributed by atoms with Crippen molar-refractivity contribution >= 4 is 23.6 Å². The third-order valence-corrected chi connectivity index (χ3v) is 5.53. The van der Waals surface area contributed by atoms with Crippen molar-refractivity contribution in [1.82, 2.24) is 5.43 Å². The van der Waals surface area contributed by atoms with Gasteiger partial charge in [0.25, 0.3) is 11.8 Å². The second kappa shape index (κ2) is 9.87. The van der Waals surface area contributed by atoms with Crippen molar-refractivity contribution in [1.29, 1.82) is 0 Å². The van der Waals surface area contributed by atoms with Gasteiger partial charge >= 0.3 is 0 Å². The van der Waals surface area contributed by atoms with Crippen LogP contribution in [0.15, 0.2) is 48.0 Å². The molecular formula is C26H30N2O6. The third-order valence-electron chi connectivity index (χ3n) is 5.53. The fourth-order valence-electron chi connectivity index (χ4n) is 3.86. The van der Waals surface area contributed by atoms with Gasteiger partial charge in [0.05, 0.1) is 18.9 Å². The molecule has 2 amide bonds. The highest BCUT2D eigenvalue weighted by molar-refractivity contribution is 6.31. The lowest BCUT2D eigenvalue weighted by Crippen LogP contribution is -2.35. The van der Waals surface area contributed by atoms with Gasteiger partial charge in [-0.05, 0) is 57.5 Å². The largest absolute Gasteiger partial charge is 0.493 e. The molecule has 0 unspecified atom stereocenters. The van der Waals surface area contributed by atoms with Gasteiger partial charge in [-0.15, -0.1) is 0 Å². The molecule has 1 atom stereocenters. The van der Waals surface area contributed by atoms with E-state index in [1.54, 1.807) is 36.4 Å². The molecule has 34 heavy (non-hydrogen) atoms. The van der Waals surface area contributed by atoms with Crippen LogP contribution < -0.4 is 19.9 Å². The average Bonchev–Trinajstić information content (AvgIpc) is 3.31. The number of carbonyl (C=O) groups excluding carboxylic acids is 2. The molecule has 0 aromatic heterocycles. The maximum absolute atomic E-state index is 13.0. The SMILES string of the molecule is CCCOc1ccc(/C=C2/C(=O)NN(c3ccccc3)C2=O)c(OC[C@H]2COC(C)(C)O2)c1C. The number of benzene rings is 2. The maximum Gasteiger partial charge on any atom is 0.282 e. The summed E-state index contributed by atoms with van der Waals surface area (Å²) in [6.45, 7) is 8.89. The van der Waals surface area contributed by atoms with Crippen LogP contribution in [0.4, 0.5) is 5.69 Å². The van der Waals surface area contributed by atoms with Crippen molar-refractivity contribution in [3.05, 3.63) is 59.2 Å². The summed E-state index contributed by atoms with van der Waals surface area (Å²) in [6, 6.07) is 12.6. The number of nitrogens with zero attached hydrogens (tertiary/aromatic N) is 1. The zero-order valence-electron chi connectivity index (χ0n) is 19.9. The lowest BCUT2D eigenvalue weighted by Gasteiger charge is -2.19. The molecule has 2 saturated heterocycles. The average molecular weight is 467 g/mol. The number of hydrogen-bond acceptors (Lipinski definition) is 6. The Bertz CT molecular complexity index is 1100. The molecule has 8 nitrogen and oxygen atoms in total. The highest BCUT2D eigenvalue weighted by Gasteiger charge is 2.35. The Balaban J connectivity index is 1.63. The molecule has 1 N–H and O–H groups in total. The summed E-state index contributed by atoms with van der Waals surface area (Å²) in [4.78, 5) is 25.7. The smallest absolute Gasteiger partial charge is 0.282 e. The minimum atomic E-state index is -0.658. The quantitative estimate of drug-likeness (QED) is 0.471. The van der Waals surface area contributed by atoms with Crippen LogP contribution in [0, 0.1) is 6.92 Å². The zero-order valence-corrected chi connectivity index (χ0v) is 19.9. The molecule has 2 aliphatic rings. The van der Waals surface area contributed by atoms with Gasteiger partial charge in [-0.2, -0.15) is 0 Å². The second-order valence-corrected chi connectivity index (χ2v) is 8.69. The van der Waals surface area contributed by atoms with Crippen LogP contribution in [0.3, 0.4) is 0 Å². The van der Waals surface area contributed by atoms with Crippen LogP contribution in [0.1, 0.15) is 38.3 Å². The molecule has 0 spiro atoms. The van der Waals surface area contributed by atoms with E-state index in [-0.39, 0.29) is 18.3 Å². The van der Waals surface area contributed by atoms with Gasteiger partial charge in [0, 0.05) is 11.1 Å². The Morgan fingerprint density at radius 3 is 2.59 bits per heavy atom. The first-order chi connectivity index (χ1) is 16.3. The van der Waals surface area contributed by atoms with Gasteiger partial charge in [-0.3, -0.25) is 15.0 Å². The van der Waals surface area contributed by atoms with E-state index in [0.717, 1.165) is 12.0 Å². The first-order valence-electron chi connectivity index (χ1n) is 11.4. The number of rotatable bonds is 8. The predicted octanol–water partition coefficient (Wildman–Crippen LogP) is 3.78. The number of carbonyl (C=O) groups is 2. The molecule has 2 aliphatic heterocycles. The molecule has 8 heteroatoms. The van der Waals surface area contributed by atoms with Crippen molar-refractivity contribution in [3.8, 4) is 11.5 Å². The Morgan fingerprint density at radius 1 is 1.15 bits per heavy atom. The minimum Gasteiger partial charge on any atom is -0.493 e. The Kier molecular flexibility index (Phi) is 6.90. The monoisotopic (exact) mass is 466 g/mol. The maximum atomic E-state index is 13.0. The fourth-order valence-corrected chi connectivity index (χ4v) is 3.86. The van der Waals surface area contributed by atoms with Gasteiger partial charge in [0.1, 0.15) is 29.8 Å². The molecule has 0 aliphatic carbocycles. The number of anilines is 1. The van der Waals surface area contributed by atoms with Gasteiger partial charge < -0.3 is 18.9 Å². The molecule has 0 bridgehead atoms. The molecule has 2 heterocycles. The highest BCUT2D eigenvalue weighted by Crippen LogP contribution is 2.35. The molecule has 4 rings (SSSR count). The van der Waals surface area contributed by atoms with Crippen molar-refractivity contribution in [3.63, 3.8) is 0 Å². The Morgan fingerprint density at radius 2 is 1.91 bits per heavy atom. The third kappa shape index (κ3) is 5.08. The molecule has 2 aromatic carbocycles.